The molecule has 0 aliphatic carbocycles. The fourth-order valence-corrected chi connectivity index (χ4v) is 1.18. The minimum atomic E-state index is 0.207. The minimum Gasteiger partial charge on any atom is -0.237 e. The summed E-state index contributed by atoms with van der Waals surface area (Å²) in [5.41, 5.74) is 0.207. The standard InChI is InChI=1S/C10H19N2/c1-5-6-11-7-8-12(9-11)10(2,3)4/h7-9H,5-6H2,1-4H3/q+1. The lowest BCUT2D eigenvalue weighted by Crippen LogP contribution is -2.32. The van der Waals surface area contributed by atoms with Gasteiger partial charge in [-0.3, -0.25) is 0 Å². The fraction of sp³-hybridized carbons (Fsp3) is 0.700. The molecule has 12 heavy (non-hydrogen) atoms. The summed E-state index contributed by atoms with van der Waals surface area (Å²) in [4.78, 5) is 0. The Labute approximate surface area is 74.8 Å². The number of aromatic nitrogens is 2. The Balaban J connectivity index is 2.77. The van der Waals surface area contributed by atoms with Gasteiger partial charge in [0.15, 0.2) is 0 Å². The number of hydrogen-bond donors (Lipinski definition) is 0. The fourth-order valence-electron chi connectivity index (χ4n) is 1.18. The van der Waals surface area contributed by atoms with Crippen molar-refractivity contribution in [2.24, 2.45) is 0 Å². The molecule has 2 heteroatoms. The normalized spacial score (nSPS) is 12.0. The molecule has 0 N–H and O–H groups in total. The molecule has 0 fully saturated rings. The second-order valence-electron chi connectivity index (χ2n) is 4.23. The molecule has 0 spiro atoms. The highest BCUT2D eigenvalue weighted by atomic mass is 15.1. The van der Waals surface area contributed by atoms with Crippen molar-refractivity contribution in [2.75, 3.05) is 0 Å². The van der Waals surface area contributed by atoms with Gasteiger partial charge in [0, 0.05) is 0 Å². The molecule has 0 radical (unpaired) electrons. The summed E-state index contributed by atoms with van der Waals surface area (Å²) in [6, 6.07) is 0. The van der Waals surface area contributed by atoms with Gasteiger partial charge in [-0.2, -0.15) is 0 Å². The second-order valence-corrected chi connectivity index (χ2v) is 4.23. The summed E-state index contributed by atoms with van der Waals surface area (Å²) < 4.78 is 4.47. The van der Waals surface area contributed by atoms with Crippen molar-refractivity contribution >= 4 is 0 Å². The summed E-state index contributed by atoms with van der Waals surface area (Å²) in [5.74, 6) is 0. The van der Waals surface area contributed by atoms with Crippen LogP contribution in [0.15, 0.2) is 18.7 Å². The van der Waals surface area contributed by atoms with E-state index in [-0.39, 0.29) is 5.54 Å². The molecule has 1 aromatic heterocycles. The van der Waals surface area contributed by atoms with E-state index in [1.807, 2.05) is 0 Å². The Bertz CT molecular complexity index is 243. The first-order chi connectivity index (χ1) is 5.54. The van der Waals surface area contributed by atoms with Gasteiger partial charge >= 0.3 is 0 Å². The van der Waals surface area contributed by atoms with Crippen molar-refractivity contribution in [3.8, 4) is 0 Å². The quantitative estimate of drug-likeness (QED) is 0.595. The summed E-state index contributed by atoms with van der Waals surface area (Å²) in [7, 11) is 0. The Morgan fingerprint density at radius 2 is 2.00 bits per heavy atom. The highest BCUT2D eigenvalue weighted by molar-refractivity contribution is 4.78. The number of imidazole rings is 1. The van der Waals surface area contributed by atoms with E-state index in [0.717, 1.165) is 6.54 Å². The molecule has 0 bridgehead atoms. The predicted octanol–water partition coefficient (Wildman–Crippen LogP) is 1.94. The van der Waals surface area contributed by atoms with Crippen LogP contribution in [0.25, 0.3) is 0 Å². The molecule has 0 saturated carbocycles. The zero-order chi connectivity index (χ0) is 9.19. The molecule has 1 heterocycles. The monoisotopic (exact) mass is 167 g/mol. The van der Waals surface area contributed by atoms with Crippen molar-refractivity contribution in [1.82, 2.24) is 4.57 Å². The topological polar surface area (TPSA) is 8.81 Å². The summed E-state index contributed by atoms with van der Waals surface area (Å²) >= 11 is 0. The van der Waals surface area contributed by atoms with Crippen LogP contribution in [0, 0.1) is 0 Å². The van der Waals surface area contributed by atoms with Crippen LogP contribution >= 0.6 is 0 Å². The third-order valence-corrected chi connectivity index (χ3v) is 1.95. The van der Waals surface area contributed by atoms with Gasteiger partial charge in [-0.1, -0.05) is 6.92 Å². The second kappa shape index (κ2) is 3.30. The van der Waals surface area contributed by atoms with E-state index in [9.17, 15) is 0 Å². The van der Waals surface area contributed by atoms with Gasteiger partial charge in [0.2, 0.25) is 6.33 Å². The Morgan fingerprint density at radius 3 is 2.42 bits per heavy atom. The van der Waals surface area contributed by atoms with Crippen molar-refractivity contribution in [3.63, 3.8) is 0 Å². The van der Waals surface area contributed by atoms with Gasteiger partial charge in [0.1, 0.15) is 17.9 Å². The SMILES string of the molecule is CCC[n+]1ccn(C(C)(C)C)c1. The predicted molar refractivity (Wildman–Crippen MR) is 49.9 cm³/mol. The highest BCUT2D eigenvalue weighted by Gasteiger charge is 2.18. The molecule has 0 aliphatic heterocycles. The van der Waals surface area contributed by atoms with Gasteiger partial charge in [0.05, 0.1) is 6.54 Å². The summed E-state index contributed by atoms with van der Waals surface area (Å²) in [6.45, 7) is 9.94. The molecule has 1 aromatic rings. The molecule has 0 atom stereocenters. The lowest BCUT2D eigenvalue weighted by Gasteiger charge is -2.13. The van der Waals surface area contributed by atoms with E-state index in [4.69, 9.17) is 0 Å². The number of hydrogen-bond acceptors (Lipinski definition) is 0. The van der Waals surface area contributed by atoms with Crippen molar-refractivity contribution in [3.05, 3.63) is 18.7 Å². The first-order valence-electron chi connectivity index (χ1n) is 4.61. The van der Waals surface area contributed by atoms with Crippen LogP contribution in [-0.2, 0) is 12.1 Å². The van der Waals surface area contributed by atoms with Crippen LogP contribution in [-0.4, -0.2) is 4.57 Å². The van der Waals surface area contributed by atoms with Gasteiger partial charge in [0.25, 0.3) is 0 Å². The third-order valence-electron chi connectivity index (χ3n) is 1.95. The number of nitrogens with zero attached hydrogens (tertiary/aromatic N) is 2. The molecule has 0 aliphatic rings. The Morgan fingerprint density at radius 1 is 1.33 bits per heavy atom. The van der Waals surface area contributed by atoms with E-state index in [1.54, 1.807) is 0 Å². The van der Waals surface area contributed by atoms with E-state index in [2.05, 4.69) is 55.6 Å². The lowest BCUT2D eigenvalue weighted by molar-refractivity contribution is -0.696. The zero-order valence-corrected chi connectivity index (χ0v) is 8.54. The molecule has 1 rings (SSSR count). The molecule has 0 amide bonds. The zero-order valence-electron chi connectivity index (χ0n) is 8.54. The first-order valence-corrected chi connectivity index (χ1v) is 4.61. The van der Waals surface area contributed by atoms with Crippen LogP contribution in [0.1, 0.15) is 34.1 Å². The molecule has 68 valence electrons. The summed E-state index contributed by atoms with van der Waals surface area (Å²) in [5, 5.41) is 0. The van der Waals surface area contributed by atoms with E-state index < -0.39 is 0 Å². The van der Waals surface area contributed by atoms with E-state index in [1.165, 1.54) is 6.42 Å². The number of aryl methyl sites for hydroxylation is 1. The van der Waals surface area contributed by atoms with Gasteiger partial charge < -0.3 is 0 Å². The Hall–Kier alpha value is -0.790. The molecule has 0 saturated heterocycles. The van der Waals surface area contributed by atoms with Crippen molar-refractivity contribution in [2.45, 2.75) is 46.2 Å². The summed E-state index contributed by atoms with van der Waals surface area (Å²) in [6.07, 6.45) is 7.63. The number of rotatable bonds is 2. The minimum absolute atomic E-state index is 0.207. The maximum absolute atomic E-state index is 2.24. The van der Waals surface area contributed by atoms with Crippen molar-refractivity contribution in [1.29, 1.82) is 0 Å². The van der Waals surface area contributed by atoms with Crippen LogP contribution in [0.5, 0.6) is 0 Å². The molecular weight excluding hydrogens is 148 g/mol. The molecular formula is C10H19N2+. The smallest absolute Gasteiger partial charge is 0.237 e. The largest absolute Gasteiger partial charge is 0.244 e. The van der Waals surface area contributed by atoms with Crippen LogP contribution in [0.4, 0.5) is 0 Å². The maximum Gasteiger partial charge on any atom is 0.244 e. The van der Waals surface area contributed by atoms with Crippen LogP contribution in [0.3, 0.4) is 0 Å². The first kappa shape index (κ1) is 9.30. The van der Waals surface area contributed by atoms with Crippen molar-refractivity contribution < 1.29 is 4.57 Å². The maximum atomic E-state index is 2.24. The molecule has 0 unspecified atom stereocenters. The van der Waals surface area contributed by atoms with Crippen LogP contribution < -0.4 is 4.57 Å². The molecule has 2 nitrogen and oxygen atoms in total. The van der Waals surface area contributed by atoms with Gasteiger partial charge in [-0.25, -0.2) is 9.13 Å². The molecule has 0 aromatic carbocycles. The van der Waals surface area contributed by atoms with E-state index >= 15 is 0 Å². The lowest BCUT2D eigenvalue weighted by atomic mass is 10.1. The van der Waals surface area contributed by atoms with E-state index in [0.29, 0.717) is 0 Å². The average molecular weight is 167 g/mol. The van der Waals surface area contributed by atoms with Crippen LogP contribution in [0.2, 0.25) is 0 Å². The third kappa shape index (κ3) is 2.10. The average Bonchev–Trinajstić information content (AvgIpc) is 2.35. The highest BCUT2D eigenvalue weighted by Crippen LogP contribution is 2.10. The van der Waals surface area contributed by atoms with Gasteiger partial charge in [-0.15, -0.1) is 0 Å². The van der Waals surface area contributed by atoms with Gasteiger partial charge in [-0.05, 0) is 27.2 Å². The Kier molecular flexibility index (Phi) is 2.55.